The van der Waals surface area contributed by atoms with Crippen LogP contribution >= 0.6 is 0 Å². The molecule has 1 aliphatic rings. The number of rotatable bonds is 4. The smallest absolute Gasteiger partial charge is 0.227 e. The largest absolute Gasteiger partial charge is 0.381 e. The summed E-state index contributed by atoms with van der Waals surface area (Å²) in [5.74, 6) is 0.0181. The fourth-order valence-corrected chi connectivity index (χ4v) is 2.03. The van der Waals surface area contributed by atoms with Gasteiger partial charge in [0.15, 0.2) is 0 Å². The van der Waals surface area contributed by atoms with E-state index in [2.05, 4.69) is 15.5 Å². The average molecular weight is 238 g/mol. The van der Waals surface area contributed by atoms with Gasteiger partial charge in [-0.25, -0.2) is 0 Å². The maximum absolute atomic E-state index is 12.2. The van der Waals surface area contributed by atoms with Crippen molar-refractivity contribution in [3.63, 3.8) is 0 Å². The third-order valence-corrected chi connectivity index (χ3v) is 3.33. The van der Waals surface area contributed by atoms with Gasteiger partial charge in [0.2, 0.25) is 5.91 Å². The van der Waals surface area contributed by atoms with Crippen molar-refractivity contribution in [1.82, 2.24) is 15.5 Å². The standard InChI is InChI=1S/C11H18N4O2/c12-8-11(1-3-17-4-2-11)10(16)13-5-9-6-14-15-7-9/h6-7H,1-5,8,12H2,(H,13,16)(H,14,15). The van der Waals surface area contributed by atoms with Gasteiger partial charge in [0.25, 0.3) is 0 Å². The van der Waals surface area contributed by atoms with Gasteiger partial charge < -0.3 is 15.8 Å². The van der Waals surface area contributed by atoms with Crippen molar-refractivity contribution >= 4 is 5.91 Å². The average Bonchev–Trinajstić information content (AvgIpc) is 2.90. The number of ether oxygens (including phenoxy) is 1. The van der Waals surface area contributed by atoms with E-state index in [1.54, 1.807) is 12.4 Å². The highest BCUT2D eigenvalue weighted by molar-refractivity contribution is 5.83. The predicted molar refractivity (Wildman–Crippen MR) is 62.0 cm³/mol. The third-order valence-electron chi connectivity index (χ3n) is 3.33. The monoisotopic (exact) mass is 238 g/mol. The number of nitrogens with two attached hydrogens (primary N) is 1. The summed E-state index contributed by atoms with van der Waals surface area (Å²) in [6.45, 7) is 2.07. The van der Waals surface area contributed by atoms with Crippen LogP contribution in [0.3, 0.4) is 0 Å². The Morgan fingerprint density at radius 3 is 2.94 bits per heavy atom. The lowest BCUT2D eigenvalue weighted by molar-refractivity contribution is -0.136. The van der Waals surface area contributed by atoms with E-state index in [0.29, 0.717) is 39.1 Å². The van der Waals surface area contributed by atoms with Gasteiger partial charge in [-0.15, -0.1) is 0 Å². The minimum atomic E-state index is -0.456. The molecule has 94 valence electrons. The molecule has 0 spiro atoms. The van der Waals surface area contributed by atoms with Crippen LogP contribution in [-0.4, -0.2) is 35.9 Å². The molecular weight excluding hydrogens is 220 g/mol. The van der Waals surface area contributed by atoms with Crippen molar-refractivity contribution in [3.05, 3.63) is 18.0 Å². The molecule has 0 aliphatic carbocycles. The second-order valence-electron chi connectivity index (χ2n) is 4.39. The van der Waals surface area contributed by atoms with Crippen molar-refractivity contribution in [2.75, 3.05) is 19.8 Å². The molecule has 1 aromatic rings. The molecule has 1 aromatic heterocycles. The molecule has 0 bridgehead atoms. The Bertz CT molecular complexity index is 358. The number of hydrogen-bond donors (Lipinski definition) is 3. The highest BCUT2D eigenvalue weighted by atomic mass is 16.5. The number of nitrogens with zero attached hydrogens (tertiary/aromatic N) is 1. The van der Waals surface area contributed by atoms with Gasteiger partial charge in [-0.05, 0) is 12.8 Å². The van der Waals surface area contributed by atoms with Gasteiger partial charge in [0.1, 0.15) is 0 Å². The number of H-pyrrole nitrogens is 1. The SMILES string of the molecule is NCC1(C(=O)NCc2cn[nH]c2)CCOCC1. The molecule has 0 saturated carbocycles. The molecule has 0 radical (unpaired) electrons. The van der Waals surface area contributed by atoms with E-state index >= 15 is 0 Å². The van der Waals surface area contributed by atoms with E-state index in [1.807, 2.05) is 0 Å². The van der Waals surface area contributed by atoms with Gasteiger partial charge in [-0.1, -0.05) is 0 Å². The molecule has 1 aliphatic heterocycles. The van der Waals surface area contributed by atoms with Crippen LogP contribution in [0.1, 0.15) is 18.4 Å². The summed E-state index contributed by atoms with van der Waals surface area (Å²) < 4.78 is 5.28. The second-order valence-corrected chi connectivity index (χ2v) is 4.39. The number of aromatic amines is 1. The highest BCUT2D eigenvalue weighted by Gasteiger charge is 2.38. The van der Waals surface area contributed by atoms with E-state index in [0.717, 1.165) is 5.56 Å². The Balaban J connectivity index is 1.93. The zero-order valence-electron chi connectivity index (χ0n) is 9.74. The van der Waals surface area contributed by atoms with Gasteiger partial charge >= 0.3 is 0 Å². The van der Waals surface area contributed by atoms with E-state index in [9.17, 15) is 4.79 Å². The molecule has 0 aromatic carbocycles. The second kappa shape index (κ2) is 5.29. The topological polar surface area (TPSA) is 93.0 Å². The minimum Gasteiger partial charge on any atom is -0.381 e. The van der Waals surface area contributed by atoms with Crippen LogP contribution in [0.4, 0.5) is 0 Å². The minimum absolute atomic E-state index is 0.0181. The van der Waals surface area contributed by atoms with E-state index < -0.39 is 5.41 Å². The van der Waals surface area contributed by atoms with E-state index in [1.165, 1.54) is 0 Å². The molecule has 17 heavy (non-hydrogen) atoms. The van der Waals surface area contributed by atoms with E-state index in [4.69, 9.17) is 10.5 Å². The molecule has 1 fully saturated rings. The Labute approximate surface area is 99.9 Å². The summed E-state index contributed by atoms with van der Waals surface area (Å²) in [4.78, 5) is 12.2. The summed E-state index contributed by atoms with van der Waals surface area (Å²) in [5, 5.41) is 9.45. The summed E-state index contributed by atoms with van der Waals surface area (Å²) in [7, 11) is 0. The van der Waals surface area contributed by atoms with Gasteiger partial charge in [-0.3, -0.25) is 9.89 Å². The van der Waals surface area contributed by atoms with E-state index in [-0.39, 0.29) is 5.91 Å². The maximum Gasteiger partial charge on any atom is 0.227 e. The van der Waals surface area contributed by atoms with Crippen LogP contribution in [0.5, 0.6) is 0 Å². The Morgan fingerprint density at radius 2 is 2.35 bits per heavy atom. The molecule has 4 N–H and O–H groups in total. The Morgan fingerprint density at radius 1 is 1.59 bits per heavy atom. The van der Waals surface area contributed by atoms with Crippen molar-refractivity contribution in [2.24, 2.45) is 11.1 Å². The van der Waals surface area contributed by atoms with Gasteiger partial charge in [0.05, 0.1) is 11.6 Å². The lowest BCUT2D eigenvalue weighted by Crippen LogP contribution is -2.48. The molecule has 0 atom stereocenters. The van der Waals surface area contributed by atoms with Crippen LogP contribution < -0.4 is 11.1 Å². The summed E-state index contributed by atoms with van der Waals surface area (Å²) in [6.07, 6.45) is 4.85. The normalized spacial score (nSPS) is 18.9. The summed E-state index contributed by atoms with van der Waals surface area (Å²) >= 11 is 0. The van der Waals surface area contributed by atoms with Crippen LogP contribution in [0.2, 0.25) is 0 Å². The Hall–Kier alpha value is -1.40. The van der Waals surface area contributed by atoms with Crippen molar-refractivity contribution in [2.45, 2.75) is 19.4 Å². The molecule has 6 nitrogen and oxygen atoms in total. The summed E-state index contributed by atoms with van der Waals surface area (Å²) in [5.41, 5.74) is 6.25. The molecular formula is C11H18N4O2. The molecule has 2 heterocycles. The first-order valence-electron chi connectivity index (χ1n) is 5.81. The molecule has 0 unspecified atom stereocenters. The molecule has 1 amide bonds. The quantitative estimate of drug-likeness (QED) is 0.676. The van der Waals surface area contributed by atoms with Gasteiger partial charge in [0, 0.05) is 38.1 Å². The zero-order chi connectivity index (χ0) is 12.1. The molecule has 1 saturated heterocycles. The first-order valence-corrected chi connectivity index (χ1v) is 5.81. The van der Waals surface area contributed by atoms with Crippen LogP contribution in [-0.2, 0) is 16.1 Å². The lowest BCUT2D eigenvalue weighted by Gasteiger charge is -2.34. The van der Waals surface area contributed by atoms with Crippen LogP contribution in [0, 0.1) is 5.41 Å². The number of nitrogens with one attached hydrogen (secondary N) is 2. The van der Waals surface area contributed by atoms with Crippen molar-refractivity contribution < 1.29 is 9.53 Å². The number of carbonyl (C=O) groups excluding carboxylic acids is 1. The maximum atomic E-state index is 12.2. The molecule has 2 rings (SSSR count). The first-order chi connectivity index (χ1) is 8.27. The number of carbonyl (C=O) groups is 1. The Kier molecular flexibility index (Phi) is 3.75. The highest BCUT2D eigenvalue weighted by Crippen LogP contribution is 2.29. The zero-order valence-corrected chi connectivity index (χ0v) is 9.74. The van der Waals surface area contributed by atoms with Crippen LogP contribution in [0.25, 0.3) is 0 Å². The molecule has 6 heteroatoms. The fourth-order valence-electron chi connectivity index (χ4n) is 2.03. The summed E-state index contributed by atoms with van der Waals surface area (Å²) in [6, 6.07) is 0. The first kappa shape index (κ1) is 12.1. The predicted octanol–water partition coefficient (Wildman–Crippen LogP) is -0.219. The number of aromatic nitrogens is 2. The fraction of sp³-hybridized carbons (Fsp3) is 0.636. The number of amides is 1. The number of hydrogen-bond acceptors (Lipinski definition) is 4. The van der Waals surface area contributed by atoms with Crippen molar-refractivity contribution in [1.29, 1.82) is 0 Å². The van der Waals surface area contributed by atoms with Crippen LogP contribution in [0.15, 0.2) is 12.4 Å². The van der Waals surface area contributed by atoms with Gasteiger partial charge in [-0.2, -0.15) is 5.10 Å². The van der Waals surface area contributed by atoms with Crippen molar-refractivity contribution in [3.8, 4) is 0 Å². The lowest BCUT2D eigenvalue weighted by atomic mass is 9.79. The third kappa shape index (κ3) is 2.65.